The molecule has 2 aromatic rings. The van der Waals surface area contributed by atoms with Crippen LogP contribution in [-0.4, -0.2) is 33.0 Å². The number of ether oxygens (including phenoxy) is 1. The summed E-state index contributed by atoms with van der Waals surface area (Å²) in [7, 11) is 0. The van der Waals surface area contributed by atoms with Gasteiger partial charge >= 0.3 is 6.09 Å². The highest BCUT2D eigenvalue weighted by atomic mass is 35.5. The predicted octanol–water partition coefficient (Wildman–Crippen LogP) is 3.30. The van der Waals surface area contributed by atoms with Crippen LogP contribution in [0.1, 0.15) is 20.8 Å². The first kappa shape index (κ1) is 16.8. The van der Waals surface area contributed by atoms with E-state index in [1.807, 2.05) is 26.8 Å². The first-order chi connectivity index (χ1) is 10.8. The van der Waals surface area contributed by atoms with Crippen LogP contribution >= 0.6 is 11.6 Å². The van der Waals surface area contributed by atoms with Crippen molar-refractivity contribution < 1.29 is 9.53 Å². The normalized spacial score (nSPS) is 10.9. The Balaban J connectivity index is 2.42. The topological polar surface area (TPSA) is 60.2 Å². The molecule has 1 amide bonds. The smallest absolute Gasteiger partial charge is 0.415 e. The second-order valence-corrected chi connectivity index (χ2v) is 6.08. The summed E-state index contributed by atoms with van der Waals surface area (Å²) in [4.78, 5) is 17.8. The highest BCUT2D eigenvalue weighted by Crippen LogP contribution is 2.31. The number of hydrogen-bond acceptors (Lipinski definition) is 4. The van der Waals surface area contributed by atoms with E-state index in [0.29, 0.717) is 5.69 Å². The van der Waals surface area contributed by atoms with E-state index in [0.717, 1.165) is 5.69 Å². The van der Waals surface area contributed by atoms with Crippen molar-refractivity contribution in [2.24, 2.45) is 0 Å². The van der Waals surface area contributed by atoms with E-state index < -0.39 is 11.6 Å². The van der Waals surface area contributed by atoms with Crippen molar-refractivity contribution in [2.45, 2.75) is 26.3 Å². The quantitative estimate of drug-likeness (QED) is 0.809. The van der Waals surface area contributed by atoms with Crippen LogP contribution in [0.3, 0.4) is 0 Å². The lowest BCUT2D eigenvalue weighted by molar-refractivity contribution is 0.162. The summed E-state index contributed by atoms with van der Waals surface area (Å²) in [5.74, 6) is 2.27. The fraction of sp³-hybridized carbons (Fsp3) is 0.312. The summed E-state index contributed by atoms with van der Waals surface area (Å²) in [6.45, 7) is 5.48. The number of carbonyl (C=O) groups is 1. The van der Waals surface area contributed by atoms with Crippen molar-refractivity contribution in [1.29, 1.82) is 0 Å². The third-order valence-corrected chi connectivity index (χ3v) is 3.20. The summed E-state index contributed by atoms with van der Waals surface area (Å²) in [6, 6.07) is 3.62. The van der Waals surface area contributed by atoms with Gasteiger partial charge in [0, 0.05) is 11.7 Å². The van der Waals surface area contributed by atoms with Crippen molar-refractivity contribution in [2.75, 3.05) is 11.5 Å². The predicted molar refractivity (Wildman–Crippen MR) is 88.8 cm³/mol. The van der Waals surface area contributed by atoms with Gasteiger partial charge in [0.05, 0.1) is 18.1 Å². The molecule has 0 aliphatic carbocycles. The molecule has 0 aliphatic rings. The molecule has 0 radical (unpaired) electrons. The summed E-state index contributed by atoms with van der Waals surface area (Å²) in [5.41, 5.74) is 0.592. The van der Waals surface area contributed by atoms with Crippen LogP contribution in [0.2, 0.25) is 5.15 Å². The number of halogens is 1. The minimum absolute atomic E-state index is 0.111. The molecule has 0 saturated heterocycles. The fourth-order valence-electron chi connectivity index (χ4n) is 2.02. The van der Waals surface area contributed by atoms with Crippen LogP contribution in [0.4, 0.5) is 10.5 Å². The molecule has 7 heteroatoms. The van der Waals surface area contributed by atoms with E-state index in [4.69, 9.17) is 22.8 Å². The van der Waals surface area contributed by atoms with E-state index in [2.05, 4.69) is 16.0 Å². The Bertz CT molecular complexity index is 729. The molecule has 120 valence electrons. The highest BCUT2D eigenvalue weighted by Gasteiger charge is 2.32. The van der Waals surface area contributed by atoms with Crippen LogP contribution < -0.4 is 4.90 Å². The van der Waals surface area contributed by atoms with Gasteiger partial charge in [-0.3, -0.25) is 9.88 Å². The second kappa shape index (κ2) is 6.71. The zero-order valence-electron chi connectivity index (χ0n) is 13.2. The Morgan fingerprint density at radius 1 is 1.52 bits per heavy atom. The van der Waals surface area contributed by atoms with Gasteiger partial charge in [0.1, 0.15) is 5.69 Å². The van der Waals surface area contributed by atoms with Crippen molar-refractivity contribution in [1.82, 2.24) is 14.8 Å². The van der Waals surface area contributed by atoms with Crippen molar-refractivity contribution in [3.05, 3.63) is 35.9 Å². The van der Waals surface area contributed by atoms with Crippen LogP contribution in [-0.2, 0) is 4.74 Å². The van der Waals surface area contributed by atoms with Gasteiger partial charge in [0.25, 0.3) is 0 Å². The average Bonchev–Trinajstić information content (AvgIpc) is 2.86. The number of hydrogen-bond donors (Lipinski definition) is 0. The van der Waals surface area contributed by atoms with Crippen molar-refractivity contribution in [3.63, 3.8) is 0 Å². The van der Waals surface area contributed by atoms with Crippen LogP contribution in [0.15, 0.2) is 30.7 Å². The maximum Gasteiger partial charge on any atom is 0.415 e. The molecular weight excluding hydrogens is 316 g/mol. The summed E-state index contributed by atoms with van der Waals surface area (Å²) in [5, 5.41) is 4.41. The standard InChI is InChI=1S/C16H17ClN4O2/c1-5-9-23-15(22)21(16(2,3)4)13-11-20(19-14(13)17)12-7-6-8-18-10-12/h1,6-8,10-11H,9H2,2-4H3. The maximum absolute atomic E-state index is 12.3. The maximum atomic E-state index is 12.3. The van der Waals surface area contributed by atoms with Gasteiger partial charge in [0.2, 0.25) is 0 Å². The molecule has 0 fully saturated rings. The van der Waals surface area contributed by atoms with Crippen LogP contribution in [0.5, 0.6) is 0 Å². The van der Waals surface area contributed by atoms with Gasteiger partial charge in [-0.2, -0.15) is 5.10 Å². The van der Waals surface area contributed by atoms with E-state index in [1.54, 1.807) is 29.3 Å². The number of anilines is 1. The molecule has 2 aromatic heterocycles. The zero-order valence-corrected chi connectivity index (χ0v) is 13.9. The molecule has 2 heterocycles. The molecule has 6 nitrogen and oxygen atoms in total. The van der Waals surface area contributed by atoms with E-state index in [-0.39, 0.29) is 11.8 Å². The Labute approximate surface area is 140 Å². The summed E-state index contributed by atoms with van der Waals surface area (Å²) >= 11 is 6.23. The zero-order chi connectivity index (χ0) is 17.0. The number of rotatable bonds is 3. The molecule has 0 saturated carbocycles. The number of pyridine rings is 1. The first-order valence-corrected chi connectivity index (χ1v) is 7.28. The summed E-state index contributed by atoms with van der Waals surface area (Å²) < 4.78 is 6.60. The number of carbonyl (C=O) groups excluding carboxylic acids is 1. The van der Waals surface area contributed by atoms with Crippen LogP contribution in [0, 0.1) is 12.3 Å². The molecule has 0 bridgehead atoms. The Morgan fingerprint density at radius 3 is 2.83 bits per heavy atom. The van der Waals surface area contributed by atoms with Gasteiger partial charge in [-0.05, 0) is 32.9 Å². The molecular formula is C16H17ClN4O2. The van der Waals surface area contributed by atoms with Gasteiger partial charge in [-0.25, -0.2) is 9.48 Å². The minimum atomic E-state index is -0.580. The van der Waals surface area contributed by atoms with Gasteiger partial charge < -0.3 is 4.74 Å². The van der Waals surface area contributed by atoms with E-state index >= 15 is 0 Å². The van der Waals surface area contributed by atoms with Gasteiger partial charge in [-0.15, -0.1) is 6.42 Å². The van der Waals surface area contributed by atoms with Gasteiger partial charge in [-0.1, -0.05) is 17.5 Å². The number of aromatic nitrogens is 3. The van der Waals surface area contributed by atoms with E-state index in [1.165, 1.54) is 4.90 Å². The molecule has 0 aliphatic heterocycles. The average molecular weight is 333 g/mol. The number of amides is 1. The lowest BCUT2D eigenvalue weighted by Crippen LogP contribution is -2.46. The molecule has 0 aromatic carbocycles. The number of terminal acetylenes is 1. The minimum Gasteiger partial charge on any atom is -0.436 e. The van der Waals surface area contributed by atoms with Crippen molar-refractivity contribution >= 4 is 23.4 Å². The summed E-state index contributed by atoms with van der Waals surface area (Å²) in [6.07, 6.45) is 9.52. The highest BCUT2D eigenvalue weighted by molar-refractivity contribution is 6.32. The first-order valence-electron chi connectivity index (χ1n) is 6.90. The molecule has 0 N–H and O–H groups in total. The lowest BCUT2D eigenvalue weighted by Gasteiger charge is -2.33. The lowest BCUT2D eigenvalue weighted by atomic mass is 10.1. The number of nitrogens with zero attached hydrogens (tertiary/aromatic N) is 4. The Morgan fingerprint density at radius 2 is 2.26 bits per heavy atom. The van der Waals surface area contributed by atoms with E-state index in [9.17, 15) is 4.79 Å². The molecule has 2 rings (SSSR count). The van der Waals surface area contributed by atoms with Crippen LogP contribution in [0.25, 0.3) is 5.69 Å². The Kier molecular flexibility index (Phi) is 4.92. The molecule has 0 atom stereocenters. The molecule has 23 heavy (non-hydrogen) atoms. The third kappa shape index (κ3) is 3.82. The van der Waals surface area contributed by atoms with Gasteiger partial charge in [0.15, 0.2) is 11.8 Å². The fourth-order valence-corrected chi connectivity index (χ4v) is 2.23. The SMILES string of the molecule is C#CCOC(=O)N(c1cn(-c2cccnc2)nc1Cl)C(C)(C)C. The second-order valence-electron chi connectivity index (χ2n) is 5.73. The monoisotopic (exact) mass is 332 g/mol. The van der Waals surface area contributed by atoms with Crippen molar-refractivity contribution in [3.8, 4) is 18.0 Å². The molecule has 0 spiro atoms. The third-order valence-electron chi connectivity index (χ3n) is 2.94. The Hall–Kier alpha value is -2.52. The molecule has 0 unspecified atom stereocenters. The largest absolute Gasteiger partial charge is 0.436 e.